The van der Waals surface area contributed by atoms with Gasteiger partial charge in [0.15, 0.2) is 0 Å². The van der Waals surface area contributed by atoms with E-state index in [0.717, 1.165) is 13.0 Å². The molecule has 1 N–H and O–H groups in total. The molecule has 1 unspecified atom stereocenters. The smallest absolute Gasteiger partial charge is 0.0447 e. The fourth-order valence-electron chi connectivity index (χ4n) is 2.66. The van der Waals surface area contributed by atoms with Gasteiger partial charge in [0.05, 0.1) is 0 Å². The molecule has 1 atom stereocenters. The number of rotatable bonds is 3. The Morgan fingerprint density at radius 1 is 1.31 bits per heavy atom. The first-order valence-corrected chi connectivity index (χ1v) is 6.06. The minimum absolute atomic E-state index is 0.152. The molecule has 0 fully saturated rings. The maximum absolute atomic E-state index is 8.98. The first kappa shape index (κ1) is 11.5. The minimum atomic E-state index is 0.152. The Labute approximate surface area is 97.9 Å². The Morgan fingerprint density at radius 2 is 2.00 bits per heavy atom. The van der Waals surface area contributed by atoms with Crippen LogP contribution in [-0.2, 0) is 0 Å². The average molecular weight is 219 g/mol. The SMILES string of the molecule is CC1c2ccccc2N(CCCO)C1(C)C. The van der Waals surface area contributed by atoms with Crippen molar-refractivity contribution in [2.45, 2.75) is 38.6 Å². The van der Waals surface area contributed by atoms with E-state index in [2.05, 4.69) is 49.9 Å². The summed E-state index contributed by atoms with van der Waals surface area (Å²) < 4.78 is 0. The molecule has 1 aliphatic rings. The van der Waals surface area contributed by atoms with Crippen molar-refractivity contribution in [3.05, 3.63) is 29.8 Å². The summed E-state index contributed by atoms with van der Waals surface area (Å²) >= 11 is 0. The topological polar surface area (TPSA) is 23.5 Å². The number of aliphatic hydroxyl groups is 1. The number of hydrogen-bond donors (Lipinski definition) is 1. The van der Waals surface area contributed by atoms with E-state index in [1.807, 2.05) is 0 Å². The van der Waals surface area contributed by atoms with Crippen molar-refractivity contribution < 1.29 is 5.11 Å². The Bertz CT molecular complexity index is 373. The molecule has 0 amide bonds. The highest BCUT2D eigenvalue weighted by atomic mass is 16.3. The summed E-state index contributed by atoms with van der Waals surface area (Å²) in [7, 11) is 0. The predicted octanol–water partition coefficient (Wildman–Crippen LogP) is 2.77. The van der Waals surface area contributed by atoms with E-state index in [-0.39, 0.29) is 12.1 Å². The molecule has 1 aromatic carbocycles. The van der Waals surface area contributed by atoms with Crippen LogP contribution in [0.1, 0.15) is 38.7 Å². The standard InChI is InChI=1S/C14H21NO/c1-11-12-7-4-5-8-13(12)15(9-6-10-16)14(11,2)3/h4-5,7-8,11,16H,6,9-10H2,1-3H3. The lowest BCUT2D eigenvalue weighted by atomic mass is 9.87. The molecule has 16 heavy (non-hydrogen) atoms. The number of hydrogen-bond acceptors (Lipinski definition) is 2. The highest BCUT2D eigenvalue weighted by Crippen LogP contribution is 2.46. The molecular weight excluding hydrogens is 198 g/mol. The Hall–Kier alpha value is -1.02. The van der Waals surface area contributed by atoms with Crippen LogP contribution in [0.15, 0.2) is 24.3 Å². The van der Waals surface area contributed by atoms with Crippen LogP contribution in [0.5, 0.6) is 0 Å². The molecule has 0 saturated heterocycles. The number of benzene rings is 1. The predicted molar refractivity (Wildman–Crippen MR) is 68.0 cm³/mol. The van der Waals surface area contributed by atoms with Crippen molar-refractivity contribution in [2.24, 2.45) is 0 Å². The summed E-state index contributed by atoms with van der Waals surface area (Å²) in [5.74, 6) is 0.544. The number of para-hydroxylation sites is 1. The zero-order valence-electron chi connectivity index (χ0n) is 10.4. The van der Waals surface area contributed by atoms with Crippen LogP contribution in [-0.4, -0.2) is 23.8 Å². The van der Waals surface area contributed by atoms with Crippen LogP contribution in [0.2, 0.25) is 0 Å². The van der Waals surface area contributed by atoms with Crippen molar-refractivity contribution >= 4 is 5.69 Å². The quantitative estimate of drug-likeness (QED) is 0.845. The summed E-state index contributed by atoms with van der Waals surface area (Å²) in [5, 5.41) is 8.98. The van der Waals surface area contributed by atoms with Crippen LogP contribution in [0.25, 0.3) is 0 Å². The van der Waals surface area contributed by atoms with Crippen LogP contribution in [0.3, 0.4) is 0 Å². The lowest BCUT2D eigenvalue weighted by molar-refractivity contribution is 0.284. The highest BCUT2D eigenvalue weighted by molar-refractivity contribution is 5.63. The number of nitrogens with zero attached hydrogens (tertiary/aromatic N) is 1. The molecule has 0 radical (unpaired) electrons. The van der Waals surface area contributed by atoms with Gasteiger partial charge in [0, 0.05) is 30.3 Å². The molecule has 0 aromatic heterocycles. The molecular formula is C14H21NO. The van der Waals surface area contributed by atoms with Gasteiger partial charge in [-0.3, -0.25) is 0 Å². The maximum atomic E-state index is 8.98. The molecule has 88 valence electrons. The summed E-state index contributed by atoms with van der Waals surface area (Å²) in [6.45, 7) is 8.07. The second kappa shape index (κ2) is 4.10. The van der Waals surface area contributed by atoms with Gasteiger partial charge in [-0.25, -0.2) is 0 Å². The molecule has 1 heterocycles. The summed E-state index contributed by atoms with van der Waals surface area (Å²) in [5.41, 5.74) is 2.93. The maximum Gasteiger partial charge on any atom is 0.0447 e. The minimum Gasteiger partial charge on any atom is -0.396 e. The first-order chi connectivity index (χ1) is 7.59. The summed E-state index contributed by atoms with van der Waals surface area (Å²) in [6.07, 6.45) is 0.838. The van der Waals surface area contributed by atoms with Crippen LogP contribution < -0.4 is 4.90 Å². The molecule has 1 aromatic rings. The van der Waals surface area contributed by atoms with E-state index < -0.39 is 0 Å². The molecule has 0 saturated carbocycles. The highest BCUT2D eigenvalue weighted by Gasteiger charge is 2.41. The van der Waals surface area contributed by atoms with Gasteiger partial charge in [-0.15, -0.1) is 0 Å². The van der Waals surface area contributed by atoms with Gasteiger partial charge in [0.1, 0.15) is 0 Å². The first-order valence-electron chi connectivity index (χ1n) is 6.06. The van der Waals surface area contributed by atoms with Gasteiger partial charge in [0.2, 0.25) is 0 Å². The van der Waals surface area contributed by atoms with E-state index in [0.29, 0.717) is 5.92 Å². The van der Waals surface area contributed by atoms with Gasteiger partial charge in [-0.05, 0) is 31.9 Å². The van der Waals surface area contributed by atoms with E-state index in [1.54, 1.807) is 0 Å². The second-order valence-corrected chi connectivity index (χ2v) is 5.16. The van der Waals surface area contributed by atoms with Gasteiger partial charge >= 0.3 is 0 Å². The monoisotopic (exact) mass is 219 g/mol. The normalized spacial score (nSPS) is 22.2. The molecule has 0 spiro atoms. The fraction of sp³-hybridized carbons (Fsp3) is 0.571. The second-order valence-electron chi connectivity index (χ2n) is 5.16. The Balaban J connectivity index is 2.36. The third-order valence-electron chi connectivity index (χ3n) is 3.99. The molecule has 2 nitrogen and oxygen atoms in total. The van der Waals surface area contributed by atoms with E-state index in [1.165, 1.54) is 11.3 Å². The lowest BCUT2D eigenvalue weighted by Crippen LogP contribution is -2.43. The van der Waals surface area contributed by atoms with E-state index in [4.69, 9.17) is 5.11 Å². The van der Waals surface area contributed by atoms with Crippen molar-refractivity contribution in [1.29, 1.82) is 0 Å². The zero-order valence-corrected chi connectivity index (χ0v) is 10.4. The van der Waals surface area contributed by atoms with Gasteiger partial charge in [-0.1, -0.05) is 25.1 Å². The van der Waals surface area contributed by atoms with Gasteiger partial charge < -0.3 is 10.0 Å². The fourth-order valence-corrected chi connectivity index (χ4v) is 2.66. The summed E-state index contributed by atoms with van der Waals surface area (Å²) in [4.78, 5) is 2.43. The van der Waals surface area contributed by atoms with Gasteiger partial charge in [-0.2, -0.15) is 0 Å². The molecule has 0 aliphatic carbocycles. The van der Waals surface area contributed by atoms with Crippen molar-refractivity contribution in [3.63, 3.8) is 0 Å². The third-order valence-corrected chi connectivity index (χ3v) is 3.99. The molecule has 2 heteroatoms. The molecule has 1 aliphatic heterocycles. The largest absolute Gasteiger partial charge is 0.396 e. The van der Waals surface area contributed by atoms with Crippen molar-refractivity contribution in [3.8, 4) is 0 Å². The van der Waals surface area contributed by atoms with Crippen molar-refractivity contribution in [2.75, 3.05) is 18.1 Å². The molecule has 0 bridgehead atoms. The van der Waals surface area contributed by atoms with Crippen molar-refractivity contribution in [1.82, 2.24) is 0 Å². The Morgan fingerprint density at radius 3 is 2.69 bits per heavy atom. The van der Waals surface area contributed by atoms with Gasteiger partial charge in [0.25, 0.3) is 0 Å². The number of fused-ring (bicyclic) bond motifs is 1. The zero-order chi connectivity index (χ0) is 11.8. The summed E-state index contributed by atoms with van der Waals surface area (Å²) in [6, 6.07) is 8.62. The van der Waals surface area contributed by atoms with Crippen LogP contribution in [0.4, 0.5) is 5.69 Å². The molecule has 2 rings (SSSR count). The number of anilines is 1. The number of aliphatic hydroxyl groups excluding tert-OH is 1. The Kier molecular flexibility index (Phi) is 2.94. The lowest BCUT2D eigenvalue weighted by Gasteiger charge is -2.37. The average Bonchev–Trinajstić information content (AvgIpc) is 2.46. The van der Waals surface area contributed by atoms with E-state index in [9.17, 15) is 0 Å². The van der Waals surface area contributed by atoms with Crippen LogP contribution in [0, 0.1) is 0 Å². The van der Waals surface area contributed by atoms with E-state index >= 15 is 0 Å². The van der Waals surface area contributed by atoms with Crippen LogP contribution >= 0.6 is 0 Å². The third kappa shape index (κ3) is 1.61.